The van der Waals surface area contributed by atoms with Gasteiger partial charge < -0.3 is 10.1 Å². The number of hydrogen-bond donors (Lipinski definition) is 1. The molecule has 0 aliphatic carbocycles. The van der Waals surface area contributed by atoms with Gasteiger partial charge in [0.1, 0.15) is 6.04 Å². The van der Waals surface area contributed by atoms with Gasteiger partial charge in [-0.15, -0.1) is 0 Å². The Morgan fingerprint density at radius 1 is 1.21 bits per heavy atom. The Bertz CT molecular complexity index is 1100. The number of piperidine rings is 1. The van der Waals surface area contributed by atoms with Crippen LogP contribution in [-0.2, 0) is 28.4 Å². The van der Waals surface area contributed by atoms with Crippen LogP contribution in [0.2, 0.25) is 0 Å². The lowest BCUT2D eigenvalue weighted by Gasteiger charge is -2.31. The molecule has 2 aliphatic rings. The van der Waals surface area contributed by atoms with Crippen LogP contribution >= 0.6 is 11.8 Å². The Hall–Kier alpha value is -2.42. The summed E-state index contributed by atoms with van der Waals surface area (Å²) in [6.07, 6.45) is -6.87. The normalized spacial score (nSPS) is 19.8. The first-order valence-electron chi connectivity index (χ1n) is 11.7. The Kier molecular flexibility index (Phi) is 9.66. The van der Waals surface area contributed by atoms with E-state index in [9.17, 15) is 35.9 Å². The average molecular weight is 567 g/mol. The number of amidine groups is 1. The van der Waals surface area contributed by atoms with Gasteiger partial charge in [-0.25, -0.2) is 0 Å². The topological polar surface area (TPSA) is 74.2 Å². The number of rotatable bonds is 7. The minimum atomic E-state index is -4.92. The first-order chi connectivity index (χ1) is 17.7. The molecule has 1 atom stereocenters. The van der Waals surface area contributed by atoms with Crippen molar-refractivity contribution < 1.29 is 40.7 Å². The predicted octanol–water partition coefficient (Wildman–Crippen LogP) is 4.78. The molecule has 1 aromatic rings. The maximum atomic E-state index is 13.5. The van der Waals surface area contributed by atoms with Crippen molar-refractivity contribution in [2.24, 2.45) is 10.9 Å². The number of likely N-dealkylation sites (N-methyl/N-ethyl adjacent to an activating group) is 1. The monoisotopic (exact) mass is 566 g/mol. The first-order valence-corrected chi connectivity index (χ1v) is 12.5. The van der Waals surface area contributed by atoms with Crippen LogP contribution in [0, 0.1) is 5.92 Å². The van der Waals surface area contributed by atoms with E-state index in [-0.39, 0.29) is 42.4 Å². The van der Waals surface area contributed by atoms with Crippen molar-refractivity contribution in [2.75, 3.05) is 40.9 Å². The Labute approximate surface area is 220 Å². The lowest BCUT2D eigenvalue weighted by Crippen LogP contribution is -2.48. The predicted molar refractivity (Wildman–Crippen MR) is 130 cm³/mol. The number of methoxy groups -OCH3 is 1. The molecule has 0 aromatic heterocycles. The van der Waals surface area contributed by atoms with Gasteiger partial charge in [-0.3, -0.25) is 19.4 Å². The highest BCUT2D eigenvalue weighted by molar-refractivity contribution is 8.18. The number of benzene rings is 1. The minimum Gasteiger partial charge on any atom is -0.383 e. The lowest BCUT2D eigenvalue weighted by atomic mass is 9.95. The van der Waals surface area contributed by atoms with E-state index in [1.165, 1.54) is 7.11 Å². The second-order valence-electron chi connectivity index (χ2n) is 9.26. The number of amides is 2. The summed E-state index contributed by atoms with van der Waals surface area (Å²) in [5, 5.41) is 2.20. The molecule has 0 spiro atoms. The first kappa shape index (κ1) is 30.1. The molecule has 2 aliphatic heterocycles. The molecule has 1 saturated heterocycles. The third-order valence-corrected chi connectivity index (χ3v) is 7.10. The van der Waals surface area contributed by atoms with Crippen molar-refractivity contribution in [2.45, 2.75) is 37.8 Å². The number of allylic oxidation sites excluding steroid dienone is 1. The highest BCUT2D eigenvalue weighted by Crippen LogP contribution is 2.38. The summed E-state index contributed by atoms with van der Waals surface area (Å²) in [6.45, 7) is 0.804. The van der Waals surface area contributed by atoms with Crippen LogP contribution in [0.1, 0.15) is 29.5 Å². The molecular weight excluding hydrogens is 538 g/mol. The smallest absolute Gasteiger partial charge is 0.383 e. The van der Waals surface area contributed by atoms with Gasteiger partial charge in [-0.1, -0.05) is 12.1 Å². The fourth-order valence-corrected chi connectivity index (χ4v) is 5.00. The van der Waals surface area contributed by atoms with Crippen molar-refractivity contribution in [3.63, 3.8) is 0 Å². The van der Waals surface area contributed by atoms with Crippen molar-refractivity contribution in [1.82, 2.24) is 15.1 Å². The van der Waals surface area contributed by atoms with Gasteiger partial charge in [0.05, 0.1) is 22.6 Å². The van der Waals surface area contributed by atoms with Gasteiger partial charge in [-0.05, 0) is 75.4 Å². The highest BCUT2D eigenvalue weighted by atomic mass is 32.2. The number of likely N-dealkylation sites (tertiary alicyclic amines) is 1. The van der Waals surface area contributed by atoms with E-state index >= 15 is 0 Å². The molecule has 38 heavy (non-hydrogen) atoms. The lowest BCUT2D eigenvalue weighted by molar-refractivity contribution is -0.143. The molecule has 0 saturated carbocycles. The van der Waals surface area contributed by atoms with E-state index in [2.05, 4.69) is 10.3 Å². The maximum absolute atomic E-state index is 13.5. The SMILES string of the molecule is COC[C@@H](C(=O)NC1=NC(=O)S/C1=C\C1CCN(Cc2ccc(C(F)(F)F)cc2C(F)(F)F)CC1)N(C)C. The summed E-state index contributed by atoms with van der Waals surface area (Å²) in [7, 11) is 4.90. The largest absolute Gasteiger partial charge is 0.416 e. The zero-order chi connectivity index (χ0) is 28.3. The third kappa shape index (κ3) is 7.80. The quantitative estimate of drug-likeness (QED) is 0.479. The second-order valence-corrected chi connectivity index (χ2v) is 10.3. The average Bonchev–Trinajstić information content (AvgIpc) is 3.15. The van der Waals surface area contributed by atoms with Crippen LogP contribution in [-0.4, -0.2) is 73.7 Å². The number of carbonyl (C=O) groups is 2. The molecule has 1 fully saturated rings. The van der Waals surface area contributed by atoms with E-state index in [4.69, 9.17) is 4.74 Å². The van der Waals surface area contributed by atoms with Crippen LogP contribution in [0.5, 0.6) is 0 Å². The van der Waals surface area contributed by atoms with Crippen molar-refractivity contribution in [3.8, 4) is 0 Å². The molecule has 2 heterocycles. The summed E-state index contributed by atoms with van der Waals surface area (Å²) in [5.41, 5.74) is -2.85. The van der Waals surface area contributed by atoms with Gasteiger partial charge >= 0.3 is 17.6 Å². The summed E-state index contributed by atoms with van der Waals surface area (Å²) < 4.78 is 84.3. The fraction of sp³-hybridized carbons (Fsp3) is 0.542. The van der Waals surface area contributed by atoms with Gasteiger partial charge in [0.15, 0.2) is 5.84 Å². The molecule has 14 heteroatoms. The second kappa shape index (κ2) is 12.2. The Morgan fingerprint density at radius 3 is 2.42 bits per heavy atom. The molecule has 0 radical (unpaired) electrons. The molecular formula is C24H28F6N4O3S. The van der Waals surface area contributed by atoms with E-state index in [1.54, 1.807) is 23.9 Å². The molecule has 3 rings (SSSR count). The van der Waals surface area contributed by atoms with E-state index in [1.807, 2.05) is 6.08 Å². The zero-order valence-corrected chi connectivity index (χ0v) is 21.8. The van der Waals surface area contributed by atoms with E-state index in [0.29, 0.717) is 36.9 Å². The summed E-state index contributed by atoms with van der Waals surface area (Å²) in [5.74, 6) is -0.265. The zero-order valence-electron chi connectivity index (χ0n) is 20.9. The van der Waals surface area contributed by atoms with Crippen LogP contribution in [0.3, 0.4) is 0 Å². The number of nitrogens with one attached hydrogen (secondary N) is 1. The summed E-state index contributed by atoms with van der Waals surface area (Å²) >= 11 is 0.883. The molecule has 7 nitrogen and oxygen atoms in total. The summed E-state index contributed by atoms with van der Waals surface area (Å²) in [4.78, 5) is 32.4. The van der Waals surface area contributed by atoms with Gasteiger partial charge in [-0.2, -0.15) is 31.3 Å². The number of carbonyl (C=O) groups excluding carboxylic acids is 2. The summed E-state index contributed by atoms with van der Waals surface area (Å²) in [6, 6.07) is 1.11. The third-order valence-electron chi connectivity index (χ3n) is 6.28. The van der Waals surface area contributed by atoms with Gasteiger partial charge in [0, 0.05) is 13.7 Å². The van der Waals surface area contributed by atoms with Crippen molar-refractivity contribution >= 4 is 28.7 Å². The van der Waals surface area contributed by atoms with Crippen LogP contribution in [0.4, 0.5) is 31.1 Å². The van der Waals surface area contributed by atoms with Crippen molar-refractivity contribution in [1.29, 1.82) is 0 Å². The van der Waals surface area contributed by atoms with Gasteiger partial charge in [0.2, 0.25) is 5.91 Å². The molecule has 1 aromatic carbocycles. The Balaban J connectivity index is 1.65. The van der Waals surface area contributed by atoms with Crippen LogP contribution < -0.4 is 5.32 Å². The molecule has 2 amide bonds. The number of hydrogen-bond acceptors (Lipinski definition) is 6. The highest BCUT2D eigenvalue weighted by Gasteiger charge is 2.38. The van der Waals surface area contributed by atoms with E-state index < -0.39 is 34.8 Å². The number of nitrogens with zero attached hydrogens (tertiary/aromatic N) is 3. The van der Waals surface area contributed by atoms with Crippen LogP contribution in [0.15, 0.2) is 34.2 Å². The van der Waals surface area contributed by atoms with Crippen LogP contribution in [0.25, 0.3) is 0 Å². The van der Waals surface area contributed by atoms with Gasteiger partial charge in [0.25, 0.3) is 0 Å². The molecule has 1 N–H and O–H groups in total. The molecule has 210 valence electrons. The van der Waals surface area contributed by atoms with Crippen molar-refractivity contribution in [3.05, 3.63) is 45.9 Å². The fourth-order valence-electron chi connectivity index (χ4n) is 4.22. The minimum absolute atomic E-state index is 0.0277. The number of halogens is 6. The number of alkyl halides is 6. The molecule has 0 bridgehead atoms. The van der Waals surface area contributed by atoms with E-state index in [0.717, 1.165) is 17.8 Å². The Morgan fingerprint density at radius 2 is 1.87 bits per heavy atom. The maximum Gasteiger partial charge on any atom is 0.416 e. The number of thioether (sulfide) groups is 1. The number of ether oxygens (including phenoxy) is 1. The number of aliphatic imine (C=N–C) groups is 1. The molecule has 0 unspecified atom stereocenters. The standard InChI is InChI=1S/C24H28F6N4O3S/c1-33(2)18(13-37-3)21(35)31-20-19(38-22(36)32-20)10-14-6-8-34(9-7-14)12-15-4-5-16(23(25,26)27)11-17(15)24(28,29)30/h4-5,10-11,14,18H,6-9,12-13H2,1-3H3,(H,31,32,35,36)/b19-10-/t18-/m0/s1.